The van der Waals surface area contributed by atoms with Gasteiger partial charge in [0.1, 0.15) is 10.8 Å². The fourth-order valence-corrected chi connectivity index (χ4v) is 2.72. The standard InChI is InChI=1S/C12H9N3O5S/c16-11-9(5-6-19-11)21-12-14-13-10(20-12)7-3-1-2-4-8(7)15(17)18/h1-4,9H,5-6H2/t9-/m0/s1. The number of hydrogen-bond donors (Lipinski definition) is 0. The number of benzene rings is 1. The minimum atomic E-state index is -0.513. The van der Waals surface area contributed by atoms with Gasteiger partial charge in [-0.3, -0.25) is 14.9 Å². The first-order valence-electron chi connectivity index (χ1n) is 6.06. The largest absolute Gasteiger partial charge is 0.465 e. The zero-order valence-corrected chi connectivity index (χ0v) is 11.4. The van der Waals surface area contributed by atoms with Crippen molar-refractivity contribution < 1.29 is 18.9 Å². The highest BCUT2D eigenvalue weighted by atomic mass is 32.2. The van der Waals surface area contributed by atoms with E-state index in [1.54, 1.807) is 12.1 Å². The van der Waals surface area contributed by atoms with Crippen LogP contribution in [0.4, 0.5) is 5.69 Å². The number of aromatic nitrogens is 2. The van der Waals surface area contributed by atoms with Gasteiger partial charge in [0.25, 0.3) is 16.8 Å². The molecule has 3 rings (SSSR count). The highest BCUT2D eigenvalue weighted by Gasteiger charge is 2.30. The molecule has 0 amide bonds. The van der Waals surface area contributed by atoms with E-state index >= 15 is 0 Å². The van der Waals surface area contributed by atoms with Crippen LogP contribution in [0.2, 0.25) is 0 Å². The first-order chi connectivity index (χ1) is 10.1. The van der Waals surface area contributed by atoms with Gasteiger partial charge in [-0.2, -0.15) is 0 Å². The summed E-state index contributed by atoms with van der Waals surface area (Å²) in [6, 6.07) is 6.10. The van der Waals surface area contributed by atoms with Crippen LogP contribution in [0.5, 0.6) is 0 Å². The van der Waals surface area contributed by atoms with E-state index in [-0.39, 0.29) is 33.6 Å². The molecule has 9 heteroatoms. The van der Waals surface area contributed by atoms with Crippen LogP contribution in [0, 0.1) is 10.1 Å². The van der Waals surface area contributed by atoms with Gasteiger partial charge in [0, 0.05) is 12.5 Å². The molecule has 21 heavy (non-hydrogen) atoms. The van der Waals surface area contributed by atoms with E-state index in [2.05, 4.69) is 10.2 Å². The van der Waals surface area contributed by atoms with E-state index in [4.69, 9.17) is 9.15 Å². The number of hydrogen-bond acceptors (Lipinski definition) is 8. The van der Waals surface area contributed by atoms with Gasteiger partial charge in [-0.25, -0.2) is 0 Å². The van der Waals surface area contributed by atoms with Crippen LogP contribution in [-0.2, 0) is 9.53 Å². The highest BCUT2D eigenvalue weighted by molar-refractivity contribution is 8.00. The lowest BCUT2D eigenvalue weighted by Crippen LogP contribution is -2.09. The van der Waals surface area contributed by atoms with Gasteiger partial charge in [0.15, 0.2) is 0 Å². The van der Waals surface area contributed by atoms with Crippen LogP contribution < -0.4 is 0 Å². The van der Waals surface area contributed by atoms with E-state index in [9.17, 15) is 14.9 Å². The fourth-order valence-electron chi connectivity index (χ4n) is 1.89. The number of para-hydroxylation sites is 1. The third kappa shape index (κ3) is 2.72. The van der Waals surface area contributed by atoms with Gasteiger partial charge in [0.2, 0.25) is 0 Å². The van der Waals surface area contributed by atoms with Crippen LogP contribution in [0.25, 0.3) is 11.5 Å². The SMILES string of the molecule is O=C1OCC[C@@H]1Sc1nnc(-c2ccccc2[N+](=O)[O-])o1. The summed E-state index contributed by atoms with van der Waals surface area (Å²) in [5.74, 6) is -0.262. The Kier molecular flexibility index (Phi) is 3.57. The number of carbonyl (C=O) groups is 1. The number of cyclic esters (lactones) is 1. The smallest absolute Gasteiger partial charge is 0.319 e. The number of nitrogens with zero attached hydrogens (tertiary/aromatic N) is 3. The summed E-state index contributed by atoms with van der Waals surface area (Å²) in [4.78, 5) is 21.8. The average Bonchev–Trinajstić information content (AvgIpc) is 3.09. The maximum absolute atomic E-state index is 11.4. The summed E-state index contributed by atoms with van der Waals surface area (Å²) >= 11 is 1.10. The maximum Gasteiger partial charge on any atom is 0.319 e. The molecular weight excluding hydrogens is 298 g/mol. The zero-order valence-electron chi connectivity index (χ0n) is 10.6. The second-order valence-corrected chi connectivity index (χ2v) is 5.36. The van der Waals surface area contributed by atoms with Crippen LogP contribution in [0.1, 0.15) is 6.42 Å². The van der Waals surface area contributed by atoms with Crippen molar-refractivity contribution in [1.29, 1.82) is 0 Å². The van der Waals surface area contributed by atoms with Gasteiger partial charge in [-0.15, -0.1) is 10.2 Å². The highest BCUT2D eigenvalue weighted by Crippen LogP contribution is 2.33. The third-order valence-electron chi connectivity index (χ3n) is 2.87. The molecule has 1 aromatic heterocycles. The van der Waals surface area contributed by atoms with Gasteiger partial charge in [-0.05, 0) is 17.8 Å². The van der Waals surface area contributed by atoms with Crippen molar-refractivity contribution in [2.45, 2.75) is 16.9 Å². The van der Waals surface area contributed by atoms with Crippen molar-refractivity contribution in [3.8, 4) is 11.5 Å². The summed E-state index contributed by atoms with van der Waals surface area (Å²) < 4.78 is 10.2. The molecule has 0 unspecified atom stereocenters. The molecule has 0 saturated carbocycles. The minimum Gasteiger partial charge on any atom is -0.465 e. The van der Waals surface area contributed by atoms with E-state index in [1.807, 2.05) is 0 Å². The number of thioether (sulfide) groups is 1. The summed E-state index contributed by atoms with van der Waals surface area (Å²) in [5.41, 5.74) is 0.133. The Morgan fingerprint density at radius 2 is 2.14 bits per heavy atom. The number of esters is 1. The third-order valence-corrected chi connectivity index (χ3v) is 3.95. The number of nitro benzene ring substituents is 1. The molecule has 8 nitrogen and oxygen atoms in total. The van der Waals surface area contributed by atoms with Crippen LogP contribution in [0.3, 0.4) is 0 Å². The molecule has 1 aliphatic rings. The molecule has 0 spiro atoms. The lowest BCUT2D eigenvalue weighted by Gasteiger charge is -1.99. The predicted octanol–water partition coefficient (Wildman–Crippen LogP) is 2.05. The molecule has 0 N–H and O–H groups in total. The molecule has 1 saturated heterocycles. The average molecular weight is 307 g/mol. The predicted molar refractivity (Wildman–Crippen MR) is 71.6 cm³/mol. The molecular formula is C12H9N3O5S. The lowest BCUT2D eigenvalue weighted by atomic mass is 10.2. The Morgan fingerprint density at radius 3 is 2.86 bits per heavy atom. The molecule has 2 heterocycles. The van der Waals surface area contributed by atoms with Gasteiger partial charge in [-0.1, -0.05) is 12.1 Å². The second-order valence-electron chi connectivity index (χ2n) is 4.21. The van der Waals surface area contributed by atoms with Gasteiger partial charge >= 0.3 is 5.97 Å². The first-order valence-corrected chi connectivity index (χ1v) is 6.93. The van der Waals surface area contributed by atoms with Crippen LogP contribution in [0.15, 0.2) is 33.9 Å². The summed E-state index contributed by atoms with van der Waals surface area (Å²) in [6.07, 6.45) is 0.576. The first kappa shape index (κ1) is 13.6. The van der Waals surface area contributed by atoms with E-state index in [1.165, 1.54) is 12.1 Å². The zero-order chi connectivity index (χ0) is 14.8. The molecule has 0 aliphatic carbocycles. The molecule has 0 radical (unpaired) electrons. The Balaban J connectivity index is 1.85. The van der Waals surface area contributed by atoms with E-state index in [0.717, 1.165) is 11.8 Å². The van der Waals surface area contributed by atoms with Crippen LogP contribution in [-0.4, -0.2) is 32.9 Å². The number of ether oxygens (including phenoxy) is 1. The van der Waals surface area contributed by atoms with Crippen molar-refractivity contribution in [2.75, 3.05) is 6.61 Å². The quantitative estimate of drug-likeness (QED) is 0.479. The monoisotopic (exact) mass is 307 g/mol. The second kappa shape index (κ2) is 5.52. The molecule has 1 fully saturated rings. The number of carbonyl (C=O) groups excluding carboxylic acids is 1. The van der Waals surface area contributed by atoms with Crippen molar-refractivity contribution in [2.24, 2.45) is 0 Å². The normalized spacial score (nSPS) is 17.7. The molecule has 108 valence electrons. The summed E-state index contributed by atoms with van der Waals surface area (Å²) in [6.45, 7) is 0.377. The fraction of sp³-hybridized carbons (Fsp3) is 0.250. The molecule has 1 atom stereocenters. The minimum absolute atomic E-state index is 0.0520. The Labute approximate surface area is 122 Å². The Morgan fingerprint density at radius 1 is 1.33 bits per heavy atom. The number of rotatable bonds is 4. The molecule has 0 bridgehead atoms. The van der Waals surface area contributed by atoms with Crippen LogP contribution >= 0.6 is 11.8 Å². The Bertz CT molecular complexity index is 702. The summed E-state index contributed by atoms with van der Waals surface area (Å²) in [5, 5.41) is 18.4. The van der Waals surface area contributed by atoms with Gasteiger partial charge < -0.3 is 9.15 Å². The molecule has 1 aliphatic heterocycles. The van der Waals surface area contributed by atoms with Crippen molar-refractivity contribution in [3.63, 3.8) is 0 Å². The van der Waals surface area contributed by atoms with Crippen molar-refractivity contribution >= 4 is 23.4 Å². The van der Waals surface area contributed by atoms with Crippen molar-refractivity contribution in [1.82, 2.24) is 10.2 Å². The van der Waals surface area contributed by atoms with Crippen molar-refractivity contribution in [3.05, 3.63) is 34.4 Å². The van der Waals surface area contributed by atoms with E-state index in [0.29, 0.717) is 13.0 Å². The number of nitro groups is 1. The molecule has 1 aromatic carbocycles. The Hall–Kier alpha value is -2.42. The maximum atomic E-state index is 11.4. The van der Waals surface area contributed by atoms with Gasteiger partial charge in [0.05, 0.1) is 11.5 Å². The topological polar surface area (TPSA) is 108 Å². The van der Waals surface area contributed by atoms with E-state index < -0.39 is 4.92 Å². The summed E-state index contributed by atoms with van der Waals surface area (Å²) in [7, 11) is 0. The molecule has 2 aromatic rings. The lowest BCUT2D eigenvalue weighted by molar-refractivity contribution is -0.384.